The number of nitrogens with zero attached hydrogens (tertiary/aromatic N) is 3. The summed E-state index contributed by atoms with van der Waals surface area (Å²) in [6.45, 7) is 0.878. The van der Waals surface area contributed by atoms with Crippen LogP contribution in [-0.4, -0.2) is 39.0 Å². The number of carbonyl (C=O) groups excluding carboxylic acids is 1. The predicted molar refractivity (Wildman–Crippen MR) is 112 cm³/mol. The van der Waals surface area contributed by atoms with Crippen molar-refractivity contribution in [2.45, 2.75) is 18.8 Å². The molecular weight excluding hydrogens is 415 g/mol. The molecule has 3 aromatic heterocycles. The van der Waals surface area contributed by atoms with Gasteiger partial charge >= 0.3 is 0 Å². The molecule has 0 radical (unpaired) electrons. The maximum atomic E-state index is 13.5. The van der Waals surface area contributed by atoms with Crippen molar-refractivity contribution in [3.05, 3.63) is 82.4 Å². The summed E-state index contributed by atoms with van der Waals surface area (Å²) in [6.07, 6.45) is 3.01. The molecule has 1 aliphatic rings. The number of piperidine rings is 1. The average molecular weight is 434 g/mol. The summed E-state index contributed by atoms with van der Waals surface area (Å²) in [5.74, 6) is 0.309. The summed E-state index contributed by atoms with van der Waals surface area (Å²) in [6, 6.07) is 12.6. The van der Waals surface area contributed by atoms with Gasteiger partial charge in [0.1, 0.15) is 17.1 Å². The molecule has 0 aliphatic carbocycles. The predicted octanol–water partition coefficient (Wildman–Crippen LogP) is 3.84. The van der Waals surface area contributed by atoms with Gasteiger partial charge in [0.15, 0.2) is 0 Å². The van der Waals surface area contributed by atoms with E-state index in [0.29, 0.717) is 41.8 Å². The molecular formula is C23H19FN4O4. The van der Waals surface area contributed by atoms with Gasteiger partial charge in [0.25, 0.3) is 11.5 Å². The van der Waals surface area contributed by atoms with Crippen LogP contribution in [0.3, 0.4) is 0 Å². The van der Waals surface area contributed by atoms with Crippen molar-refractivity contribution < 1.29 is 18.1 Å². The van der Waals surface area contributed by atoms with Crippen LogP contribution >= 0.6 is 0 Å². The van der Waals surface area contributed by atoms with Crippen LogP contribution in [0.2, 0.25) is 0 Å². The molecule has 9 heteroatoms. The first-order valence-corrected chi connectivity index (χ1v) is 10.2. The molecule has 162 valence electrons. The van der Waals surface area contributed by atoms with Crippen molar-refractivity contribution in [3.8, 4) is 22.8 Å². The van der Waals surface area contributed by atoms with Gasteiger partial charge in [0.05, 0.1) is 17.9 Å². The lowest BCUT2D eigenvalue weighted by Crippen LogP contribution is -2.41. The molecule has 8 nitrogen and oxygen atoms in total. The van der Waals surface area contributed by atoms with Crippen LogP contribution < -0.4 is 5.56 Å². The molecule has 32 heavy (non-hydrogen) atoms. The van der Waals surface area contributed by atoms with E-state index in [1.165, 1.54) is 24.5 Å². The molecule has 1 aromatic carbocycles. The Kier molecular flexibility index (Phi) is 5.14. The fraction of sp³-hybridized carbons (Fsp3) is 0.217. The van der Waals surface area contributed by atoms with Crippen LogP contribution in [-0.2, 0) is 0 Å². The van der Waals surface area contributed by atoms with Gasteiger partial charge in [-0.2, -0.15) is 4.98 Å². The van der Waals surface area contributed by atoms with E-state index in [1.54, 1.807) is 35.2 Å². The molecule has 5 rings (SSSR count). The summed E-state index contributed by atoms with van der Waals surface area (Å²) in [4.78, 5) is 34.3. The van der Waals surface area contributed by atoms with Gasteiger partial charge in [-0.15, -0.1) is 0 Å². The Morgan fingerprint density at radius 3 is 2.88 bits per heavy atom. The first-order chi connectivity index (χ1) is 15.6. The number of likely N-dealkylation sites (tertiary alicyclic amines) is 1. The summed E-state index contributed by atoms with van der Waals surface area (Å²) in [7, 11) is 0. The minimum atomic E-state index is -0.475. The largest absolute Gasteiger partial charge is 0.463 e. The van der Waals surface area contributed by atoms with Crippen molar-refractivity contribution >= 4 is 5.91 Å². The van der Waals surface area contributed by atoms with Gasteiger partial charge in [-0.25, -0.2) is 4.39 Å². The number of hydrogen-bond acceptors (Lipinski definition) is 6. The molecule has 1 fully saturated rings. The zero-order valence-corrected chi connectivity index (χ0v) is 17.0. The van der Waals surface area contributed by atoms with Gasteiger partial charge in [0, 0.05) is 18.7 Å². The van der Waals surface area contributed by atoms with Crippen LogP contribution in [0.1, 0.15) is 35.0 Å². The number of halogens is 1. The van der Waals surface area contributed by atoms with E-state index in [0.717, 1.165) is 12.8 Å². The molecule has 0 spiro atoms. The second-order valence-corrected chi connectivity index (χ2v) is 7.65. The molecule has 4 aromatic rings. The Morgan fingerprint density at radius 1 is 1.19 bits per heavy atom. The summed E-state index contributed by atoms with van der Waals surface area (Å²) in [5, 5.41) is 3.96. The number of aromatic amines is 1. The number of aromatic nitrogens is 3. The molecule has 0 bridgehead atoms. The van der Waals surface area contributed by atoms with Gasteiger partial charge in [-0.05, 0) is 49.2 Å². The fourth-order valence-electron chi connectivity index (χ4n) is 3.90. The van der Waals surface area contributed by atoms with Crippen molar-refractivity contribution in [1.29, 1.82) is 0 Å². The Morgan fingerprint density at radius 2 is 2.09 bits per heavy atom. The normalized spacial score (nSPS) is 16.3. The molecule has 1 N–H and O–H groups in total. The molecule has 0 saturated carbocycles. The first-order valence-electron chi connectivity index (χ1n) is 10.2. The van der Waals surface area contributed by atoms with Crippen molar-refractivity contribution in [2.24, 2.45) is 0 Å². The highest BCUT2D eigenvalue weighted by molar-refractivity contribution is 5.94. The molecule has 1 unspecified atom stereocenters. The van der Waals surface area contributed by atoms with Gasteiger partial charge < -0.3 is 18.8 Å². The van der Waals surface area contributed by atoms with Gasteiger partial charge in [-0.3, -0.25) is 9.59 Å². The number of benzene rings is 1. The maximum absolute atomic E-state index is 13.5. The zero-order valence-electron chi connectivity index (χ0n) is 17.0. The molecule has 1 amide bonds. The van der Waals surface area contributed by atoms with Crippen LogP contribution in [0.5, 0.6) is 0 Å². The highest BCUT2D eigenvalue weighted by Crippen LogP contribution is 2.28. The van der Waals surface area contributed by atoms with Crippen LogP contribution in [0.15, 0.2) is 68.5 Å². The standard InChI is InChI=1S/C23H19FN4O4/c24-16-6-1-4-14(12-16)20-26-22(32-27-20)15-5-2-10-28(13-15)23(30)17-8-9-18(25-21(17)29)19-7-3-11-31-19/h1,3-4,6-9,11-12,15H,2,5,10,13H2,(H,25,29). The van der Waals surface area contributed by atoms with Crippen molar-refractivity contribution in [1.82, 2.24) is 20.0 Å². The van der Waals surface area contributed by atoms with E-state index in [2.05, 4.69) is 15.1 Å². The summed E-state index contributed by atoms with van der Waals surface area (Å²) in [5.41, 5.74) is 0.611. The lowest BCUT2D eigenvalue weighted by atomic mass is 9.97. The van der Waals surface area contributed by atoms with Crippen molar-refractivity contribution in [2.75, 3.05) is 13.1 Å². The van der Waals surface area contributed by atoms with E-state index < -0.39 is 5.56 Å². The van der Waals surface area contributed by atoms with Crippen LogP contribution in [0, 0.1) is 5.82 Å². The quantitative estimate of drug-likeness (QED) is 0.523. The number of nitrogens with one attached hydrogen (secondary N) is 1. The topological polar surface area (TPSA) is 105 Å². The molecule has 4 heterocycles. The first kappa shape index (κ1) is 19.9. The lowest BCUT2D eigenvalue weighted by molar-refractivity contribution is 0.0694. The number of pyridine rings is 1. The lowest BCUT2D eigenvalue weighted by Gasteiger charge is -2.30. The van der Waals surface area contributed by atoms with Gasteiger partial charge in [0.2, 0.25) is 11.7 Å². The number of furan rings is 1. The Hall–Kier alpha value is -4.01. The highest BCUT2D eigenvalue weighted by atomic mass is 19.1. The number of hydrogen-bond donors (Lipinski definition) is 1. The zero-order chi connectivity index (χ0) is 22.1. The van der Waals surface area contributed by atoms with E-state index in [9.17, 15) is 14.0 Å². The smallest absolute Gasteiger partial charge is 0.261 e. The third-order valence-corrected chi connectivity index (χ3v) is 5.51. The Balaban J connectivity index is 1.33. The van der Waals surface area contributed by atoms with E-state index in [-0.39, 0.29) is 23.2 Å². The van der Waals surface area contributed by atoms with E-state index in [1.807, 2.05) is 0 Å². The second-order valence-electron chi connectivity index (χ2n) is 7.65. The SMILES string of the molecule is O=C(c1ccc(-c2ccco2)[nH]c1=O)N1CCCC(c2nc(-c3cccc(F)c3)no2)C1. The van der Waals surface area contributed by atoms with E-state index >= 15 is 0 Å². The molecule has 1 atom stereocenters. The van der Waals surface area contributed by atoms with Gasteiger partial charge in [-0.1, -0.05) is 17.3 Å². The van der Waals surface area contributed by atoms with E-state index in [4.69, 9.17) is 8.94 Å². The Bertz CT molecular complexity index is 1310. The number of rotatable bonds is 4. The number of H-pyrrole nitrogens is 1. The number of carbonyl (C=O) groups is 1. The summed E-state index contributed by atoms with van der Waals surface area (Å²) < 4.78 is 24.2. The van der Waals surface area contributed by atoms with Crippen LogP contribution in [0.4, 0.5) is 4.39 Å². The Labute approximate surface area is 181 Å². The fourth-order valence-corrected chi connectivity index (χ4v) is 3.90. The van der Waals surface area contributed by atoms with Crippen molar-refractivity contribution in [3.63, 3.8) is 0 Å². The monoisotopic (exact) mass is 434 g/mol. The second kappa shape index (κ2) is 8.26. The minimum Gasteiger partial charge on any atom is -0.463 e. The molecule has 1 aliphatic heterocycles. The average Bonchev–Trinajstić information content (AvgIpc) is 3.51. The molecule has 1 saturated heterocycles. The number of amides is 1. The minimum absolute atomic E-state index is 0.0620. The maximum Gasteiger partial charge on any atom is 0.261 e. The summed E-state index contributed by atoms with van der Waals surface area (Å²) >= 11 is 0. The van der Waals surface area contributed by atoms with Crippen LogP contribution in [0.25, 0.3) is 22.8 Å². The third kappa shape index (κ3) is 3.84. The third-order valence-electron chi connectivity index (χ3n) is 5.51. The highest BCUT2D eigenvalue weighted by Gasteiger charge is 2.30.